The summed E-state index contributed by atoms with van der Waals surface area (Å²) in [5.74, 6) is 3.07. The third-order valence-corrected chi connectivity index (χ3v) is 1.92. The lowest BCUT2D eigenvalue weighted by molar-refractivity contribution is -0.385. The van der Waals surface area contributed by atoms with Gasteiger partial charge >= 0.3 is 0 Å². The highest BCUT2D eigenvalue weighted by Crippen LogP contribution is 2.21. The molecule has 0 aromatic heterocycles. The van der Waals surface area contributed by atoms with Gasteiger partial charge in [-0.15, -0.1) is 0 Å². The van der Waals surface area contributed by atoms with Gasteiger partial charge in [0, 0.05) is 12.2 Å². The van der Waals surface area contributed by atoms with Crippen molar-refractivity contribution in [3.05, 3.63) is 39.4 Å². The summed E-state index contributed by atoms with van der Waals surface area (Å²) in [7, 11) is 0. The Bertz CT molecular complexity index is 480. The molecule has 0 aliphatic carbocycles. The molecule has 0 saturated heterocycles. The van der Waals surface area contributed by atoms with Gasteiger partial charge in [0.2, 0.25) is 0 Å². The number of nitro groups is 1. The van der Waals surface area contributed by atoms with Crippen LogP contribution in [0, 0.1) is 33.6 Å². The summed E-state index contributed by atoms with van der Waals surface area (Å²) in [5.41, 5.74) is -0.670. The molecule has 0 saturated carbocycles. The highest BCUT2D eigenvalue weighted by atomic mass is 32.1. The zero-order valence-electron chi connectivity index (χ0n) is 8.04. The van der Waals surface area contributed by atoms with E-state index in [0.717, 1.165) is 6.07 Å². The molecule has 0 amide bonds. The Hall–Kier alpha value is -1.61. The third kappa shape index (κ3) is 2.94. The molecule has 16 heavy (non-hydrogen) atoms. The Kier molecular flexibility index (Phi) is 4.26. The standard InChI is InChI=1S/C10H7F2NO2S/c11-8-5-7(3-1-2-4-16)10(13(14)15)6-9(8)12/h5-6,16H,2,4H2. The van der Waals surface area contributed by atoms with Crippen LogP contribution in [0.15, 0.2) is 12.1 Å². The summed E-state index contributed by atoms with van der Waals surface area (Å²) >= 11 is 3.90. The molecule has 0 aliphatic rings. The lowest BCUT2D eigenvalue weighted by Crippen LogP contribution is -1.96. The zero-order valence-corrected chi connectivity index (χ0v) is 8.93. The Balaban J connectivity index is 3.21. The Labute approximate surface area is 96.0 Å². The zero-order chi connectivity index (χ0) is 12.1. The van der Waals surface area contributed by atoms with Gasteiger partial charge < -0.3 is 0 Å². The molecule has 0 aliphatic heterocycles. The molecule has 0 spiro atoms. The third-order valence-electron chi connectivity index (χ3n) is 1.70. The maximum atomic E-state index is 12.9. The summed E-state index contributed by atoms with van der Waals surface area (Å²) in [6, 6.07) is 1.25. The van der Waals surface area contributed by atoms with Crippen LogP contribution in [0.3, 0.4) is 0 Å². The van der Waals surface area contributed by atoms with E-state index < -0.39 is 22.2 Å². The predicted octanol–water partition coefficient (Wildman–Crippen LogP) is 2.54. The summed E-state index contributed by atoms with van der Waals surface area (Å²) < 4.78 is 25.6. The second-order valence-electron chi connectivity index (χ2n) is 2.82. The number of thiol groups is 1. The smallest absolute Gasteiger partial charge is 0.258 e. The fourth-order valence-corrected chi connectivity index (χ4v) is 1.11. The Morgan fingerprint density at radius 3 is 2.56 bits per heavy atom. The van der Waals surface area contributed by atoms with Crippen molar-refractivity contribution in [1.82, 2.24) is 0 Å². The van der Waals surface area contributed by atoms with E-state index in [9.17, 15) is 18.9 Å². The number of rotatable bonds is 2. The van der Waals surface area contributed by atoms with Crippen molar-refractivity contribution >= 4 is 18.3 Å². The average molecular weight is 243 g/mol. The van der Waals surface area contributed by atoms with Crippen molar-refractivity contribution in [2.45, 2.75) is 6.42 Å². The van der Waals surface area contributed by atoms with Gasteiger partial charge in [0.25, 0.3) is 5.69 Å². The van der Waals surface area contributed by atoms with Crippen LogP contribution in [0.5, 0.6) is 0 Å². The molecular weight excluding hydrogens is 236 g/mol. The van der Waals surface area contributed by atoms with Crippen molar-refractivity contribution < 1.29 is 13.7 Å². The van der Waals surface area contributed by atoms with Crippen LogP contribution in [-0.4, -0.2) is 10.7 Å². The molecule has 0 fully saturated rings. The van der Waals surface area contributed by atoms with E-state index in [0.29, 0.717) is 18.2 Å². The molecule has 0 N–H and O–H groups in total. The topological polar surface area (TPSA) is 43.1 Å². The van der Waals surface area contributed by atoms with Crippen molar-refractivity contribution in [1.29, 1.82) is 0 Å². The lowest BCUT2D eigenvalue weighted by Gasteiger charge is -1.97. The Morgan fingerprint density at radius 1 is 1.38 bits per heavy atom. The van der Waals surface area contributed by atoms with Crippen LogP contribution < -0.4 is 0 Å². The highest BCUT2D eigenvalue weighted by molar-refractivity contribution is 7.80. The van der Waals surface area contributed by atoms with Crippen LogP contribution in [0.2, 0.25) is 0 Å². The van der Waals surface area contributed by atoms with Crippen LogP contribution in [0.25, 0.3) is 0 Å². The average Bonchev–Trinajstić information content (AvgIpc) is 2.23. The molecule has 84 valence electrons. The molecule has 1 rings (SSSR count). The first-order chi connectivity index (χ1) is 7.56. The number of nitrogens with zero attached hydrogens (tertiary/aromatic N) is 1. The van der Waals surface area contributed by atoms with Crippen molar-refractivity contribution in [2.75, 3.05) is 5.75 Å². The molecule has 0 bridgehead atoms. The summed E-state index contributed by atoms with van der Waals surface area (Å²) in [4.78, 5) is 9.75. The normalized spacial score (nSPS) is 9.44. The molecule has 1 aromatic carbocycles. The van der Waals surface area contributed by atoms with E-state index in [-0.39, 0.29) is 5.56 Å². The van der Waals surface area contributed by atoms with E-state index >= 15 is 0 Å². The molecular formula is C10H7F2NO2S. The molecule has 1 aromatic rings. The van der Waals surface area contributed by atoms with Gasteiger partial charge in [-0.05, 0) is 6.07 Å². The molecule has 3 nitrogen and oxygen atoms in total. The van der Waals surface area contributed by atoms with E-state index in [1.54, 1.807) is 0 Å². The van der Waals surface area contributed by atoms with Gasteiger partial charge in [0.15, 0.2) is 11.6 Å². The quantitative estimate of drug-likeness (QED) is 0.375. The van der Waals surface area contributed by atoms with Crippen LogP contribution in [-0.2, 0) is 0 Å². The number of benzene rings is 1. The van der Waals surface area contributed by atoms with Gasteiger partial charge in [-0.3, -0.25) is 10.1 Å². The van der Waals surface area contributed by atoms with E-state index in [1.807, 2.05) is 0 Å². The second-order valence-corrected chi connectivity index (χ2v) is 3.26. The van der Waals surface area contributed by atoms with Gasteiger partial charge in [0.05, 0.1) is 11.0 Å². The maximum absolute atomic E-state index is 12.9. The van der Waals surface area contributed by atoms with Crippen LogP contribution in [0.4, 0.5) is 14.5 Å². The molecule has 0 radical (unpaired) electrons. The lowest BCUT2D eigenvalue weighted by atomic mass is 10.1. The number of hydrogen-bond acceptors (Lipinski definition) is 3. The van der Waals surface area contributed by atoms with Gasteiger partial charge in [-0.1, -0.05) is 11.8 Å². The number of halogens is 2. The first-order valence-electron chi connectivity index (χ1n) is 4.29. The minimum atomic E-state index is -1.26. The molecule has 0 heterocycles. The highest BCUT2D eigenvalue weighted by Gasteiger charge is 2.16. The van der Waals surface area contributed by atoms with E-state index in [2.05, 4.69) is 24.5 Å². The Morgan fingerprint density at radius 2 is 2.00 bits per heavy atom. The SMILES string of the molecule is O=[N+]([O-])c1cc(F)c(F)cc1C#CCCS. The summed E-state index contributed by atoms with van der Waals surface area (Å²) in [6.45, 7) is 0. The second kappa shape index (κ2) is 5.47. The van der Waals surface area contributed by atoms with Crippen LogP contribution >= 0.6 is 12.6 Å². The van der Waals surface area contributed by atoms with Gasteiger partial charge in [-0.2, -0.15) is 12.6 Å². The summed E-state index contributed by atoms with van der Waals surface area (Å²) in [5, 5.41) is 10.6. The number of hydrogen-bond donors (Lipinski definition) is 1. The molecule has 0 unspecified atom stereocenters. The largest absolute Gasteiger partial charge is 0.288 e. The summed E-state index contributed by atoms with van der Waals surface area (Å²) in [6.07, 6.45) is 0.416. The predicted molar refractivity (Wildman–Crippen MR) is 58.4 cm³/mol. The van der Waals surface area contributed by atoms with E-state index in [4.69, 9.17) is 0 Å². The fourth-order valence-electron chi connectivity index (χ4n) is 1.00. The minimum Gasteiger partial charge on any atom is -0.258 e. The van der Waals surface area contributed by atoms with Crippen molar-refractivity contribution in [3.63, 3.8) is 0 Å². The first kappa shape index (κ1) is 12.5. The maximum Gasteiger partial charge on any atom is 0.288 e. The monoisotopic (exact) mass is 243 g/mol. The van der Waals surface area contributed by atoms with E-state index in [1.165, 1.54) is 0 Å². The van der Waals surface area contributed by atoms with Gasteiger partial charge in [0.1, 0.15) is 5.56 Å². The minimum absolute atomic E-state index is 0.134. The molecule has 0 atom stereocenters. The number of nitro benzene ring substituents is 1. The van der Waals surface area contributed by atoms with Crippen molar-refractivity contribution in [3.8, 4) is 11.8 Å². The van der Waals surface area contributed by atoms with Crippen molar-refractivity contribution in [2.24, 2.45) is 0 Å². The van der Waals surface area contributed by atoms with Crippen LogP contribution in [0.1, 0.15) is 12.0 Å². The molecule has 6 heteroatoms. The fraction of sp³-hybridized carbons (Fsp3) is 0.200. The first-order valence-corrected chi connectivity index (χ1v) is 4.92. The van der Waals surface area contributed by atoms with Gasteiger partial charge in [-0.25, -0.2) is 8.78 Å².